The second-order valence-corrected chi connectivity index (χ2v) is 5.86. The van der Waals surface area contributed by atoms with Crippen LogP contribution in [0.5, 0.6) is 0 Å². The number of carboxylic acids is 1. The minimum absolute atomic E-state index is 0.0623. The fraction of sp³-hybridized carbons (Fsp3) is 0.909. The molecule has 86 valence electrons. The van der Waals surface area contributed by atoms with Gasteiger partial charge >= 0.3 is 5.97 Å². The van der Waals surface area contributed by atoms with E-state index in [0.717, 1.165) is 6.42 Å². The number of carbonyl (C=O) groups is 1. The SMILES string of the molecule is CC1(C)CCC(O)(C2(C(=O)O)CNC2)C1. The van der Waals surface area contributed by atoms with Gasteiger partial charge < -0.3 is 15.5 Å². The first-order chi connectivity index (χ1) is 6.81. The first-order valence-electron chi connectivity index (χ1n) is 5.48. The molecule has 0 bridgehead atoms. The van der Waals surface area contributed by atoms with Gasteiger partial charge in [-0.2, -0.15) is 0 Å². The van der Waals surface area contributed by atoms with Crippen molar-refractivity contribution < 1.29 is 15.0 Å². The maximum absolute atomic E-state index is 11.3. The topological polar surface area (TPSA) is 69.6 Å². The van der Waals surface area contributed by atoms with Crippen molar-refractivity contribution in [2.24, 2.45) is 10.8 Å². The van der Waals surface area contributed by atoms with Crippen LogP contribution in [0.3, 0.4) is 0 Å². The number of hydrogen-bond donors (Lipinski definition) is 3. The second-order valence-electron chi connectivity index (χ2n) is 5.86. The highest BCUT2D eigenvalue weighted by atomic mass is 16.4. The van der Waals surface area contributed by atoms with Gasteiger partial charge in [0.1, 0.15) is 5.41 Å². The molecule has 0 spiro atoms. The molecule has 3 N–H and O–H groups in total. The number of aliphatic carboxylic acids is 1. The van der Waals surface area contributed by atoms with Crippen molar-refractivity contribution in [2.75, 3.05) is 13.1 Å². The lowest BCUT2D eigenvalue weighted by atomic mass is 9.65. The summed E-state index contributed by atoms with van der Waals surface area (Å²) >= 11 is 0. The highest BCUT2D eigenvalue weighted by molar-refractivity contribution is 5.78. The van der Waals surface area contributed by atoms with Crippen molar-refractivity contribution >= 4 is 5.97 Å². The molecule has 1 heterocycles. The summed E-state index contributed by atoms with van der Waals surface area (Å²) in [5, 5.41) is 22.8. The molecule has 1 saturated heterocycles. The van der Waals surface area contributed by atoms with E-state index in [2.05, 4.69) is 19.2 Å². The third-order valence-electron chi connectivity index (χ3n) is 4.14. The average Bonchev–Trinajstić information content (AvgIpc) is 2.22. The molecule has 2 fully saturated rings. The van der Waals surface area contributed by atoms with Gasteiger partial charge in [-0.15, -0.1) is 0 Å². The van der Waals surface area contributed by atoms with E-state index in [4.69, 9.17) is 0 Å². The lowest BCUT2D eigenvalue weighted by Crippen LogP contribution is -2.69. The van der Waals surface area contributed by atoms with Gasteiger partial charge in [0, 0.05) is 13.1 Å². The molecule has 0 aromatic heterocycles. The Morgan fingerprint density at radius 3 is 2.13 bits per heavy atom. The maximum atomic E-state index is 11.3. The van der Waals surface area contributed by atoms with Crippen LogP contribution in [-0.4, -0.2) is 34.9 Å². The van der Waals surface area contributed by atoms with E-state index in [1.54, 1.807) is 0 Å². The van der Waals surface area contributed by atoms with Crippen molar-refractivity contribution in [3.63, 3.8) is 0 Å². The van der Waals surface area contributed by atoms with Gasteiger partial charge in [0.2, 0.25) is 0 Å². The molecule has 1 aliphatic carbocycles. The Kier molecular flexibility index (Phi) is 2.14. The van der Waals surface area contributed by atoms with Gasteiger partial charge in [-0.3, -0.25) is 4.79 Å². The molecule has 1 saturated carbocycles. The summed E-state index contributed by atoms with van der Waals surface area (Å²) in [5.41, 5.74) is -1.90. The quantitative estimate of drug-likeness (QED) is 0.628. The average molecular weight is 213 g/mol. The molecule has 0 radical (unpaired) electrons. The molecule has 2 rings (SSSR count). The lowest BCUT2D eigenvalue weighted by molar-refractivity contribution is -0.178. The first-order valence-corrected chi connectivity index (χ1v) is 5.48. The second kappa shape index (κ2) is 2.95. The molecule has 15 heavy (non-hydrogen) atoms. The molecule has 0 amide bonds. The number of nitrogens with one attached hydrogen (secondary N) is 1. The number of aliphatic hydroxyl groups is 1. The molecule has 4 heteroatoms. The zero-order valence-corrected chi connectivity index (χ0v) is 9.34. The zero-order chi connectivity index (χ0) is 11.3. The smallest absolute Gasteiger partial charge is 0.315 e. The summed E-state index contributed by atoms with van der Waals surface area (Å²) < 4.78 is 0. The fourth-order valence-corrected chi connectivity index (χ4v) is 2.98. The Bertz CT molecular complexity index is 296. The van der Waals surface area contributed by atoms with Gasteiger partial charge in [-0.25, -0.2) is 0 Å². The first kappa shape index (κ1) is 10.9. The van der Waals surface area contributed by atoms with Gasteiger partial charge in [0.25, 0.3) is 0 Å². The Morgan fingerprint density at radius 1 is 1.27 bits per heavy atom. The van der Waals surface area contributed by atoms with E-state index in [1.807, 2.05) is 0 Å². The van der Waals surface area contributed by atoms with Crippen molar-refractivity contribution in [3.8, 4) is 0 Å². The fourth-order valence-electron chi connectivity index (χ4n) is 2.98. The van der Waals surface area contributed by atoms with Gasteiger partial charge in [0.15, 0.2) is 0 Å². The van der Waals surface area contributed by atoms with Crippen LogP contribution in [-0.2, 0) is 4.79 Å². The Labute approximate surface area is 89.7 Å². The molecule has 1 atom stereocenters. The van der Waals surface area contributed by atoms with Crippen LogP contribution in [0.25, 0.3) is 0 Å². The highest BCUT2D eigenvalue weighted by Gasteiger charge is 2.63. The summed E-state index contributed by atoms with van der Waals surface area (Å²) in [5.74, 6) is -0.860. The standard InChI is InChI=1S/C11H19NO3/c1-9(2)3-4-11(15,5-9)10(8(13)14)6-12-7-10/h12,15H,3-7H2,1-2H3,(H,13,14). The Hall–Kier alpha value is -0.610. The highest BCUT2D eigenvalue weighted by Crippen LogP contribution is 2.53. The van der Waals surface area contributed by atoms with E-state index in [0.29, 0.717) is 25.9 Å². The lowest BCUT2D eigenvalue weighted by Gasteiger charge is -2.49. The third kappa shape index (κ3) is 1.39. The zero-order valence-electron chi connectivity index (χ0n) is 9.34. The predicted molar refractivity (Wildman–Crippen MR) is 55.5 cm³/mol. The summed E-state index contributed by atoms with van der Waals surface area (Å²) in [7, 11) is 0. The van der Waals surface area contributed by atoms with Crippen LogP contribution in [0.4, 0.5) is 0 Å². The minimum Gasteiger partial charge on any atom is -0.481 e. The van der Waals surface area contributed by atoms with Crippen molar-refractivity contribution in [1.82, 2.24) is 5.32 Å². The monoisotopic (exact) mass is 213 g/mol. The minimum atomic E-state index is -1.02. The summed E-state index contributed by atoms with van der Waals surface area (Å²) in [6, 6.07) is 0. The van der Waals surface area contributed by atoms with Gasteiger partial charge in [-0.05, 0) is 24.7 Å². The van der Waals surface area contributed by atoms with E-state index in [-0.39, 0.29) is 5.41 Å². The molecule has 1 aliphatic heterocycles. The summed E-state index contributed by atoms with van der Waals surface area (Å²) in [4.78, 5) is 11.3. The summed E-state index contributed by atoms with van der Waals surface area (Å²) in [6.07, 6.45) is 2.10. The molecule has 4 nitrogen and oxygen atoms in total. The maximum Gasteiger partial charge on any atom is 0.315 e. The molecule has 0 aromatic rings. The Morgan fingerprint density at radius 2 is 1.87 bits per heavy atom. The van der Waals surface area contributed by atoms with E-state index in [1.165, 1.54) is 0 Å². The number of rotatable bonds is 2. The molecular formula is C11H19NO3. The van der Waals surface area contributed by atoms with Crippen LogP contribution in [0.15, 0.2) is 0 Å². The number of hydrogen-bond acceptors (Lipinski definition) is 3. The molecule has 2 aliphatic rings. The predicted octanol–water partition coefficient (Wildman–Crippen LogP) is 0.602. The van der Waals surface area contributed by atoms with Crippen molar-refractivity contribution in [2.45, 2.75) is 38.7 Å². The molecular weight excluding hydrogens is 194 g/mol. The third-order valence-corrected chi connectivity index (χ3v) is 4.14. The van der Waals surface area contributed by atoms with Crippen molar-refractivity contribution in [3.05, 3.63) is 0 Å². The van der Waals surface area contributed by atoms with Crippen LogP contribution in [0.2, 0.25) is 0 Å². The van der Waals surface area contributed by atoms with Gasteiger partial charge in [0.05, 0.1) is 5.60 Å². The van der Waals surface area contributed by atoms with Gasteiger partial charge in [-0.1, -0.05) is 13.8 Å². The summed E-state index contributed by atoms with van der Waals surface area (Å²) in [6.45, 7) is 4.98. The molecule has 0 aromatic carbocycles. The van der Waals surface area contributed by atoms with Crippen molar-refractivity contribution in [1.29, 1.82) is 0 Å². The van der Waals surface area contributed by atoms with Crippen LogP contribution in [0.1, 0.15) is 33.1 Å². The Balaban J connectivity index is 2.26. The van der Waals surface area contributed by atoms with Crippen LogP contribution >= 0.6 is 0 Å². The van der Waals surface area contributed by atoms with E-state index >= 15 is 0 Å². The van der Waals surface area contributed by atoms with Crippen LogP contribution in [0, 0.1) is 10.8 Å². The normalized spacial score (nSPS) is 37.3. The van der Waals surface area contributed by atoms with Crippen LogP contribution < -0.4 is 5.32 Å². The molecule has 1 unspecified atom stereocenters. The largest absolute Gasteiger partial charge is 0.481 e. The number of carboxylic acid groups (broad SMARTS) is 1. The van der Waals surface area contributed by atoms with E-state index < -0.39 is 17.0 Å². The van der Waals surface area contributed by atoms with E-state index in [9.17, 15) is 15.0 Å².